The Hall–Kier alpha value is -5.98. The minimum atomic E-state index is 1.22. The zero-order valence-electron chi connectivity index (χ0n) is 25.3. The molecule has 0 aromatic heterocycles. The number of hydrogen-bond acceptors (Lipinski definition) is 0. The fourth-order valence-corrected chi connectivity index (χ4v) is 7.32. The predicted molar refractivity (Wildman–Crippen MR) is 198 cm³/mol. The van der Waals surface area contributed by atoms with Crippen molar-refractivity contribution >= 4 is 43.1 Å². The van der Waals surface area contributed by atoms with Crippen LogP contribution in [0.15, 0.2) is 182 Å². The first kappa shape index (κ1) is 26.4. The highest BCUT2D eigenvalue weighted by Crippen LogP contribution is 2.42. The molecule has 0 amide bonds. The number of benzene rings is 9. The Morgan fingerprint density at radius 1 is 0.196 bits per heavy atom. The Morgan fingerprint density at radius 2 is 0.609 bits per heavy atom. The highest BCUT2D eigenvalue weighted by molar-refractivity contribution is 6.14. The Balaban J connectivity index is 1.17. The van der Waals surface area contributed by atoms with Gasteiger partial charge in [0, 0.05) is 0 Å². The summed E-state index contributed by atoms with van der Waals surface area (Å²) in [6.07, 6.45) is 0. The molecule has 9 aromatic carbocycles. The van der Waals surface area contributed by atoms with Crippen molar-refractivity contribution in [2.24, 2.45) is 0 Å². The Kier molecular flexibility index (Phi) is 6.25. The first-order valence-corrected chi connectivity index (χ1v) is 15.9. The molecule has 0 aliphatic carbocycles. The minimum absolute atomic E-state index is 1.22. The van der Waals surface area contributed by atoms with Crippen molar-refractivity contribution in [3.63, 3.8) is 0 Å². The summed E-state index contributed by atoms with van der Waals surface area (Å²) in [6, 6.07) is 66.5. The van der Waals surface area contributed by atoms with Crippen LogP contribution in [0.1, 0.15) is 0 Å². The molecule has 0 saturated heterocycles. The molecule has 0 heteroatoms. The summed E-state index contributed by atoms with van der Waals surface area (Å²) in [5.74, 6) is 0. The van der Waals surface area contributed by atoms with E-state index in [2.05, 4.69) is 182 Å². The average Bonchev–Trinajstić information content (AvgIpc) is 3.14. The van der Waals surface area contributed by atoms with Crippen LogP contribution < -0.4 is 0 Å². The van der Waals surface area contributed by atoms with Crippen molar-refractivity contribution in [2.75, 3.05) is 0 Å². The van der Waals surface area contributed by atoms with Gasteiger partial charge in [-0.2, -0.15) is 0 Å². The van der Waals surface area contributed by atoms with Crippen molar-refractivity contribution in [3.05, 3.63) is 182 Å². The fraction of sp³-hybridized carbons (Fsp3) is 0. The zero-order chi connectivity index (χ0) is 30.5. The van der Waals surface area contributed by atoms with Crippen LogP contribution in [0.3, 0.4) is 0 Å². The van der Waals surface area contributed by atoms with E-state index in [9.17, 15) is 0 Å². The molecule has 0 fully saturated rings. The van der Waals surface area contributed by atoms with Gasteiger partial charge in [-0.05, 0) is 93.7 Å². The van der Waals surface area contributed by atoms with Crippen LogP contribution in [0.25, 0.3) is 87.6 Å². The van der Waals surface area contributed by atoms with Gasteiger partial charge in [0.15, 0.2) is 0 Å². The molecule has 0 aliphatic heterocycles. The van der Waals surface area contributed by atoms with Crippen molar-refractivity contribution in [1.82, 2.24) is 0 Å². The molecule has 0 heterocycles. The number of rotatable bonds is 4. The molecular weight excluding hydrogens is 553 g/mol. The normalized spacial score (nSPS) is 11.5. The third kappa shape index (κ3) is 4.30. The quantitative estimate of drug-likeness (QED) is 0.181. The maximum Gasteiger partial charge on any atom is -0.00987 e. The van der Waals surface area contributed by atoms with Crippen molar-refractivity contribution in [2.45, 2.75) is 0 Å². The molecule has 0 unspecified atom stereocenters. The van der Waals surface area contributed by atoms with Crippen LogP contribution in [-0.2, 0) is 0 Å². The molecule has 0 nitrogen and oxygen atoms in total. The second-order valence-electron chi connectivity index (χ2n) is 12.0. The smallest absolute Gasteiger partial charge is 0.00987 e. The van der Waals surface area contributed by atoms with Crippen LogP contribution >= 0.6 is 0 Å². The molecule has 9 rings (SSSR count). The van der Waals surface area contributed by atoms with Gasteiger partial charge in [-0.25, -0.2) is 0 Å². The van der Waals surface area contributed by atoms with Gasteiger partial charge in [0.1, 0.15) is 0 Å². The van der Waals surface area contributed by atoms with Gasteiger partial charge in [-0.1, -0.05) is 176 Å². The van der Waals surface area contributed by atoms with Gasteiger partial charge in [-0.15, -0.1) is 0 Å². The maximum atomic E-state index is 2.34. The number of hydrogen-bond donors (Lipinski definition) is 0. The van der Waals surface area contributed by atoms with Crippen LogP contribution in [-0.4, -0.2) is 0 Å². The van der Waals surface area contributed by atoms with Gasteiger partial charge in [-0.3, -0.25) is 0 Å². The summed E-state index contributed by atoms with van der Waals surface area (Å²) in [5, 5.41) is 10.2. The lowest BCUT2D eigenvalue weighted by Gasteiger charge is -2.17. The van der Waals surface area contributed by atoms with Crippen LogP contribution in [0.4, 0.5) is 0 Å². The molecule has 0 bridgehead atoms. The van der Waals surface area contributed by atoms with E-state index in [1.54, 1.807) is 0 Å². The maximum absolute atomic E-state index is 2.34. The van der Waals surface area contributed by atoms with Gasteiger partial charge in [0.2, 0.25) is 0 Å². The summed E-state index contributed by atoms with van der Waals surface area (Å²) in [6.45, 7) is 0. The van der Waals surface area contributed by atoms with E-state index in [0.717, 1.165) is 0 Å². The molecule has 9 aromatic rings. The highest BCUT2D eigenvalue weighted by Gasteiger charge is 2.15. The second kappa shape index (κ2) is 10.9. The summed E-state index contributed by atoms with van der Waals surface area (Å²) < 4.78 is 0. The van der Waals surface area contributed by atoms with Gasteiger partial charge in [0.25, 0.3) is 0 Å². The molecule has 0 N–H and O–H groups in total. The molecule has 0 saturated carbocycles. The zero-order valence-corrected chi connectivity index (χ0v) is 25.3. The summed E-state index contributed by atoms with van der Waals surface area (Å²) in [5.41, 5.74) is 9.99. The van der Waals surface area contributed by atoms with Gasteiger partial charge >= 0.3 is 0 Å². The molecule has 46 heavy (non-hydrogen) atoms. The molecule has 0 radical (unpaired) electrons. The lowest BCUT2D eigenvalue weighted by Crippen LogP contribution is -1.90. The largest absolute Gasteiger partial charge is 0.0616 e. The monoisotopic (exact) mass is 582 g/mol. The fourth-order valence-electron chi connectivity index (χ4n) is 7.32. The highest BCUT2D eigenvalue weighted by atomic mass is 14.2. The van der Waals surface area contributed by atoms with Crippen molar-refractivity contribution < 1.29 is 0 Å². The standard InChI is InChI=1S/C46H30/c1-3-15-35-31(12-1)14-11-23-40(35)41-19-8-9-21-43(41)45-29-28-37(39-18-5-7-20-42(39)45)32-24-26-33(27-25-32)46-30-34-13-2-4-16-36(34)38-17-6-10-22-44(38)46/h1-30H. The summed E-state index contributed by atoms with van der Waals surface area (Å²) in [4.78, 5) is 0. The minimum Gasteiger partial charge on any atom is -0.0616 e. The molecule has 214 valence electrons. The van der Waals surface area contributed by atoms with E-state index < -0.39 is 0 Å². The molecule has 0 atom stereocenters. The van der Waals surface area contributed by atoms with E-state index in [1.165, 1.54) is 87.6 Å². The van der Waals surface area contributed by atoms with Crippen LogP contribution in [0.2, 0.25) is 0 Å². The molecular formula is C46H30. The van der Waals surface area contributed by atoms with E-state index in [4.69, 9.17) is 0 Å². The third-order valence-electron chi connectivity index (χ3n) is 9.50. The Morgan fingerprint density at radius 3 is 1.30 bits per heavy atom. The first-order chi connectivity index (χ1) is 22.8. The van der Waals surface area contributed by atoms with E-state index in [0.29, 0.717) is 0 Å². The second-order valence-corrected chi connectivity index (χ2v) is 12.0. The summed E-state index contributed by atoms with van der Waals surface area (Å²) >= 11 is 0. The Bertz CT molecular complexity index is 2560. The van der Waals surface area contributed by atoms with E-state index in [-0.39, 0.29) is 0 Å². The topological polar surface area (TPSA) is 0 Å². The van der Waals surface area contributed by atoms with Crippen LogP contribution in [0.5, 0.6) is 0 Å². The van der Waals surface area contributed by atoms with Crippen molar-refractivity contribution in [1.29, 1.82) is 0 Å². The SMILES string of the molecule is c1ccc(-c2ccc(-c3ccc(-c4cc5ccccc5c5ccccc45)cc3)c3ccccc23)c(-c2cccc3ccccc23)c1. The van der Waals surface area contributed by atoms with Crippen LogP contribution in [0, 0.1) is 0 Å². The Labute approximate surface area is 268 Å². The molecule has 0 spiro atoms. The van der Waals surface area contributed by atoms with Gasteiger partial charge in [0.05, 0.1) is 0 Å². The first-order valence-electron chi connectivity index (χ1n) is 15.9. The number of fused-ring (bicyclic) bond motifs is 5. The lowest BCUT2D eigenvalue weighted by atomic mass is 9.87. The predicted octanol–water partition coefficient (Wildman–Crippen LogP) is 13.0. The average molecular weight is 583 g/mol. The van der Waals surface area contributed by atoms with E-state index >= 15 is 0 Å². The molecule has 0 aliphatic rings. The van der Waals surface area contributed by atoms with Crippen molar-refractivity contribution in [3.8, 4) is 44.5 Å². The lowest BCUT2D eigenvalue weighted by molar-refractivity contribution is 1.60. The third-order valence-corrected chi connectivity index (χ3v) is 9.50. The van der Waals surface area contributed by atoms with Gasteiger partial charge < -0.3 is 0 Å². The van der Waals surface area contributed by atoms with E-state index in [1.807, 2.05) is 0 Å². The summed E-state index contributed by atoms with van der Waals surface area (Å²) in [7, 11) is 0.